The van der Waals surface area contributed by atoms with E-state index in [-0.39, 0.29) is 18.6 Å². The van der Waals surface area contributed by atoms with Crippen LogP contribution in [-0.4, -0.2) is 0 Å². The molecule has 0 bridgehead atoms. The van der Waals surface area contributed by atoms with Crippen molar-refractivity contribution in [3.8, 4) is 0 Å². The van der Waals surface area contributed by atoms with Crippen molar-refractivity contribution < 1.29 is 18.6 Å². The van der Waals surface area contributed by atoms with Crippen molar-refractivity contribution in [2.24, 2.45) is 0 Å². The van der Waals surface area contributed by atoms with Crippen LogP contribution in [0.3, 0.4) is 0 Å². The van der Waals surface area contributed by atoms with Crippen molar-refractivity contribution in [1.29, 1.82) is 0 Å². The Bertz CT molecular complexity index is 69.7. The zero-order valence-electron chi connectivity index (χ0n) is 5.56. The maximum Gasteiger partial charge on any atom is 0 e. The van der Waals surface area contributed by atoms with Crippen LogP contribution in [0.15, 0.2) is 18.2 Å². The predicted octanol–water partition coefficient (Wildman–Crippen LogP) is 3.34. The van der Waals surface area contributed by atoms with E-state index in [1.54, 1.807) is 0 Å². The fourth-order valence-corrected chi connectivity index (χ4v) is 0.340. The first kappa shape index (κ1) is 16.9. The van der Waals surface area contributed by atoms with Gasteiger partial charge in [-0.05, 0) is 0 Å². The molecule has 0 heterocycles. The van der Waals surface area contributed by atoms with Gasteiger partial charge < -0.3 is 23.2 Å². The summed E-state index contributed by atoms with van der Waals surface area (Å²) in [7, 11) is 0. The van der Waals surface area contributed by atoms with Crippen LogP contribution in [0.1, 0.15) is 6.42 Å². The van der Waals surface area contributed by atoms with Crippen molar-refractivity contribution in [2.75, 3.05) is 0 Å². The third-order valence-corrected chi connectivity index (χ3v) is 0.586. The molecule has 1 radical (unpaired) electrons. The number of hydrogen-bond acceptors (Lipinski definition) is 0. The van der Waals surface area contributed by atoms with Gasteiger partial charge in [0.1, 0.15) is 0 Å². The van der Waals surface area contributed by atoms with Gasteiger partial charge in [0.05, 0.1) is 0 Å². The molecule has 3 heteroatoms. The Balaban J connectivity index is -0.0000000875. The molecule has 0 unspecified atom stereocenters. The molecule has 1 aliphatic rings. The number of halogens is 2. The maximum absolute atomic E-state index is 4.39. The molecule has 1 rings (SSSR count). The predicted molar refractivity (Wildman–Crippen MR) is 44.0 cm³/mol. The van der Waals surface area contributed by atoms with Crippen LogP contribution < -0.4 is 0 Å². The van der Waals surface area contributed by atoms with Crippen LogP contribution in [-0.2, 0) is 18.6 Å². The van der Waals surface area contributed by atoms with Crippen LogP contribution in [0.4, 0.5) is 0 Å². The second kappa shape index (κ2) is 22.6. The average molecular weight is 215 g/mol. The van der Waals surface area contributed by atoms with Crippen molar-refractivity contribution in [3.63, 3.8) is 0 Å². The summed E-state index contributed by atoms with van der Waals surface area (Å²) < 4.78 is 0. The Morgan fingerprint density at radius 2 is 1.70 bits per heavy atom. The van der Waals surface area contributed by atoms with Crippen LogP contribution in [0.5, 0.6) is 0 Å². The van der Waals surface area contributed by atoms with E-state index < -0.39 is 0 Å². The first-order chi connectivity index (χ1) is 4.50. The molecule has 0 fully saturated rings. The summed E-state index contributed by atoms with van der Waals surface area (Å²) in [5.74, 6) is 0. The van der Waals surface area contributed by atoms with E-state index in [0.717, 1.165) is 6.42 Å². The molecule has 0 nitrogen and oxygen atoms in total. The third-order valence-electron chi connectivity index (χ3n) is 0.586. The number of rotatable bonds is 0. The average Bonchev–Trinajstić information content (AvgIpc) is 2.51. The fraction of sp³-hybridized carbons (Fsp3) is 0.143. The van der Waals surface area contributed by atoms with Gasteiger partial charge in [-0.15, -0.1) is 6.42 Å². The summed E-state index contributed by atoms with van der Waals surface area (Å²) in [6.45, 7) is 0. The summed E-state index contributed by atoms with van der Waals surface area (Å²) in [5.41, 5.74) is 0. The monoisotopic (exact) mass is 214 g/mol. The van der Waals surface area contributed by atoms with Crippen LogP contribution in [0.25, 0.3) is 0 Å². The molecule has 0 saturated carbocycles. The van der Waals surface area contributed by atoms with Gasteiger partial charge in [0, 0.05) is 18.6 Å². The van der Waals surface area contributed by atoms with Gasteiger partial charge in [0.25, 0.3) is 0 Å². The van der Waals surface area contributed by atoms with Crippen LogP contribution in [0, 0.1) is 18.8 Å². The van der Waals surface area contributed by atoms with E-state index in [1.165, 1.54) is 0 Å². The molecule has 0 aromatic carbocycles. The van der Waals surface area contributed by atoms with Gasteiger partial charge in [-0.2, -0.15) is 6.08 Å². The van der Waals surface area contributed by atoms with Gasteiger partial charge in [-0.1, -0.05) is 0 Å². The van der Waals surface area contributed by atoms with E-state index in [2.05, 4.69) is 48.1 Å². The van der Waals surface area contributed by atoms with Crippen molar-refractivity contribution in [1.82, 2.24) is 0 Å². The molecule has 0 amide bonds. The van der Waals surface area contributed by atoms with E-state index in [1.807, 2.05) is 12.2 Å². The Kier molecular flexibility index (Phi) is 38.3. The Morgan fingerprint density at radius 1 is 1.20 bits per heavy atom. The Labute approximate surface area is 85.2 Å². The second-order valence-electron chi connectivity index (χ2n) is 1.00. The second-order valence-corrected chi connectivity index (χ2v) is 1.00. The van der Waals surface area contributed by atoms with E-state index in [9.17, 15) is 0 Å². The molecular weight excluding hydrogens is 206 g/mol. The molecule has 0 aliphatic heterocycles. The largest absolute Gasteiger partial charge is 0.352 e. The molecule has 10 heavy (non-hydrogen) atoms. The molecule has 1 aliphatic carbocycles. The van der Waals surface area contributed by atoms with Crippen LogP contribution in [0.2, 0.25) is 0 Å². The summed E-state index contributed by atoms with van der Waals surface area (Å²) >= 11 is 8.78. The summed E-state index contributed by atoms with van der Waals surface area (Å²) in [4.78, 5) is 0. The minimum Gasteiger partial charge on any atom is -0.352 e. The molecular formula is C7H9Cl2V-3. The summed E-state index contributed by atoms with van der Waals surface area (Å²) in [6.07, 6.45) is 15.4. The van der Waals surface area contributed by atoms with Gasteiger partial charge in [-0.25, -0.2) is 12.2 Å². The Morgan fingerprint density at radius 3 is 1.80 bits per heavy atom. The Hall–Kier alpha value is 0.644. The minimum atomic E-state index is 0. The van der Waals surface area contributed by atoms with Crippen LogP contribution >= 0.6 is 23.2 Å². The van der Waals surface area contributed by atoms with E-state index in [0.29, 0.717) is 0 Å². The minimum absolute atomic E-state index is 0. The molecule has 0 saturated heterocycles. The van der Waals surface area contributed by atoms with Gasteiger partial charge in [0.15, 0.2) is 0 Å². The standard InChI is InChI=1S/C5H5.2CH2Cl.V/c1-2-4-5-3-1;2*1-2;/h1-3H,4H2;2*1H2;/q3*-1;. The molecule has 0 aromatic rings. The molecule has 0 spiro atoms. The summed E-state index contributed by atoms with van der Waals surface area (Å²) in [5, 5.41) is 0. The molecule has 0 atom stereocenters. The number of allylic oxidation sites excluding steroid dienone is 4. The van der Waals surface area contributed by atoms with Gasteiger partial charge in [-0.3, -0.25) is 18.8 Å². The maximum atomic E-state index is 4.39. The normalized spacial score (nSPS) is 10.0. The van der Waals surface area contributed by atoms with E-state index >= 15 is 0 Å². The van der Waals surface area contributed by atoms with Gasteiger partial charge >= 0.3 is 0 Å². The zero-order valence-corrected chi connectivity index (χ0v) is 8.47. The first-order valence-electron chi connectivity index (χ1n) is 2.25. The van der Waals surface area contributed by atoms with Gasteiger partial charge in [0.2, 0.25) is 0 Å². The number of hydrogen-bond donors (Lipinski definition) is 0. The van der Waals surface area contributed by atoms with Crippen molar-refractivity contribution >= 4 is 23.2 Å². The smallest absolute Gasteiger partial charge is 0 e. The summed E-state index contributed by atoms with van der Waals surface area (Å²) in [6, 6.07) is 0. The van der Waals surface area contributed by atoms with Crippen molar-refractivity contribution in [3.05, 3.63) is 37.1 Å². The van der Waals surface area contributed by atoms with Crippen molar-refractivity contribution in [2.45, 2.75) is 6.42 Å². The molecule has 0 aromatic heterocycles. The third kappa shape index (κ3) is 15.9. The topological polar surface area (TPSA) is 0 Å². The first-order valence-corrected chi connectivity index (χ1v) is 3.32. The quantitative estimate of drug-likeness (QED) is 0.543. The zero-order chi connectivity index (χ0) is 7.54. The fourth-order valence-electron chi connectivity index (χ4n) is 0.340. The SMILES string of the molecule is [C-]1=CC=CC1.[CH2-]Cl.[CH2-]Cl.[V]. The van der Waals surface area contributed by atoms with E-state index in [4.69, 9.17) is 0 Å². The molecule has 59 valence electrons. The molecule has 0 N–H and O–H groups in total.